The standard InChI is InChI=1S/C17H21NO6/c1-17(2,3)24-16(21)18-7-11(12(8-18)15(19)20)10-4-5-13-14(6-10)23-9-22-13/h4-6,11-12H,7-9H2,1-3H3,(H,19,20)/t11-,12-/m1/s1. The zero-order valence-electron chi connectivity index (χ0n) is 13.9. The number of carboxylic acids is 1. The molecule has 2 aliphatic rings. The SMILES string of the molecule is CC(C)(C)OC(=O)N1C[C@H](c2ccc3c(c2)OCO3)[C@H](C(=O)O)C1. The highest BCUT2D eigenvalue weighted by atomic mass is 16.7. The van der Waals surface area contributed by atoms with E-state index in [9.17, 15) is 14.7 Å². The van der Waals surface area contributed by atoms with Crippen LogP contribution >= 0.6 is 0 Å². The molecule has 1 fully saturated rings. The number of ether oxygens (including phenoxy) is 3. The number of amides is 1. The Labute approximate surface area is 140 Å². The number of fused-ring (bicyclic) bond motifs is 1. The molecule has 24 heavy (non-hydrogen) atoms. The van der Waals surface area contributed by atoms with Crippen molar-refractivity contribution in [3.8, 4) is 11.5 Å². The fraction of sp³-hybridized carbons (Fsp3) is 0.529. The molecule has 3 rings (SSSR count). The van der Waals surface area contributed by atoms with Gasteiger partial charge in [0.05, 0.1) is 5.92 Å². The molecule has 0 aromatic heterocycles. The molecule has 7 nitrogen and oxygen atoms in total. The van der Waals surface area contributed by atoms with Crippen molar-refractivity contribution in [1.29, 1.82) is 0 Å². The van der Waals surface area contributed by atoms with Gasteiger partial charge in [-0.3, -0.25) is 4.79 Å². The molecule has 2 aliphatic heterocycles. The van der Waals surface area contributed by atoms with E-state index in [4.69, 9.17) is 14.2 Å². The molecular weight excluding hydrogens is 314 g/mol. The van der Waals surface area contributed by atoms with Crippen LogP contribution in [0.4, 0.5) is 4.79 Å². The second-order valence-electron chi connectivity index (χ2n) is 7.05. The van der Waals surface area contributed by atoms with Gasteiger partial charge in [-0.1, -0.05) is 6.07 Å². The maximum Gasteiger partial charge on any atom is 0.410 e. The first kappa shape index (κ1) is 16.4. The van der Waals surface area contributed by atoms with Crippen molar-refractivity contribution in [3.05, 3.63) is 23.8 Å². The van der Waals surface area contributed by atoms with Crippen molar-refractivity contribution in [2.45, 2.75) is 32.3 Å². The summed E-state index contributed by atoms with van der Waals surface area (Å²) >= 11 is 0. The van der Waals surface area contributed by atoms with Crippen LogP contribution in [0, 0.1) is 5.92 Å². The fourth-order valence-corrected chi connectivity index (χ4v) is 3.01. The summed E-state index contributed by atoms with van der Waals surface area (Å²) in [5.74, 6) is -0.675. The first-order chi connectivity index (χ1) is 11.2. The minimum absolute atomic E-state index is 0.128. The Hall–Kier alpha value is -2.44. The smallest absolute Gasteiger partial charge is 0.410 e. The van der Waals surface area contributed by atoms with E-state index < -0.39 is 23.6 Å². The van der Waals surface area contributed by atoms with E-state index in [1.165, 1.54) is 4.90 Å². The first-order valence-electron chi connectivity index (χ1n) is 7.85. The number of benzene rings is 1. The Morgan fingerprint density at radius 3 is 2.58 bits per heavy atom. The summed E-state index contributed by atoms with van der Waals surface area (Å²) in [6, 6.07) is 5.39. The maximum absolute atomic E-state index is 12.3. The number of nitrogens with zero attached hydrogens (tertiary/aromatic N) is 1. The van der Waals surface area contributed by atoms with Crippen LogP contribution in [-0.4, -0.2) is 47.6 Å². The molecule has 1 aromatic rings. The second-order valence-corrected chi connectivity index (χ2v) is 7.05. The van der Waals surface area contributed by atoms with Crippen molar-refractivity contribution < 1.29 is 28.9 Å². The molecular formula is C17H21NO6. The van der Waals surface area contributed by atoms with Crippen LogP contribution < -0.4 is 9.47 Å². The van der Waals surface area contributed by atoms with Crippen molar-refractivity contribution in [2.75, 3.05) is 19.9 Å². The molecule has 0 unspecified atom stereocenters. The number of aliphatic carboxylic acids is 1. The lowest BCUT2D eigenvalue weighted by atomic mass is 9.89. The van der Waals surface area contributed by atoms with Gasteiger partial charge in [0.25, 0.3) is 0 Å². The van der Waals surface area contributed by atoms with Crippen LogP contribution in [0.5, 0.6) is 11.5 Å². The lowest BCUT2D eigenvalue weighted by molar-refractivity contribution is -0.141. The molecule has 2 atom stereocenters. The molecule has 1 saturated heterocycles. The van der Waals surface area contributed by atoms with Crippen LogP contribution in [0.1, 0.15) is 32.3 Å². The van der Waals surface area contributed by atoms with E-state index in [-0.39, 0.29) is 19.3 Å². The molecule has 130 valence electrons. The van der Waals surface area contributed by atoms with Gasteiger partial charge in [-0.15, -0.1) is 0 Å². The normalized spacial score (nSPS) is 22.5. The molecule has 0 spiro atoms. The average Bonchev–Trinajstić information content (AvgIpc) is 3.11. The average molecular weight is 335 g/mol. The number of carbonyl (C=O) groups is 2. The van der Waals surface area contributed by atoms with Crippen LogP contribution in [-0.2, 0) is 9.53 Å². The summed E-state index contributed by atoms with van der Waals surface area (Å²) in [7, 11) is 0. The highest BCUT2D eigenvalue weighted by Crippen LogP contribution is 2.39. The summed E-state index contributed by atoms with van der Waals surface area (Å²) in [5.41, 5.74) is 0.199. The topological polar surface area (TPSA) is 85.3 Å². The van der Waals surface area contributed by atoms with Gasteiger partial charge in [0.1, 0.15) is 5.60 Å². The van der Waals surface area contributed by atoms with Gasteiger partial charge in [0.15, 0.2) is 11.5 Å². The van der Waals surface area contributed by atoms with Gasteiger partial charge < -0.3 is 24.2 Å². The Balaban J connectivity index is 1.81. The van der Waals surface area contributed by atoms with Gasteiger partial charge in [-0.2, -0.15) is 0 Å². The van der Waals surface area contributed by atoms with Crippen molar-refractivity contribution >= 4 is 12.1 Å². The van der Waals surface area contributed by atoms with Crippen molar-refractivity contribution in [3.63, 3.8) is 0 Å². The monoisotopic (exact) mass is 335 g/mol. The summed E-state index contributed by atoms with van der Waals surface area (Å²) < 4.78 is 16.0. The van der Waals surface area contributed by atoms with Gasteiger partial charge in [0.2, 0.25) is 6.79 Å². The first-order valence-corrected chi connectivity index (χ1v) is 7.85. The van der Waals surface area contributed by atoms with Crippen molar-refractivity contribution in [1.82, 2.24) is 4.90 Å². The summed E-state index contributed by atoms with van der Waals surface area (Å²) in [6.07, 6.45) is -0.489. The maximum atomic E-state index is 12.3. The molecule has 1 aromatic carbocycles. The molecule has 1 amide bonds. The number of hydrogen-bond acceptors (Lipinski definition) is 5. The highest BCUT2D eigenvalue weighted by molar-refractivity contribution is 5.76. The van der Waals surface area contributed by atoms with E-state index in [2.05, 4.69) is 0 Å². The fourth-order valence-electron chi connectivity index (χ4n) is 3.01. The van der Waals surface area contributed by atoms with Gasteiger partial charge in [-0.25, -0.2) is 4.79 Å². The second kappa shape index (κ2) is 5.89. The van der Waals surface area contributed by atoms with Crippen LogP contribution in [0.3, 0.4) is 0 Å². The summed E-state index contributed by atoms with van der Waals surface area (Å²) in [4.78, 5) is 25.4. The predicted molar refractivity (Wildman–Crippen MR) is 84.2 cm³/mol. The lowest BCUT2D eigenvalue weighted by Gasteiger charge is -2.24. The zero-order chi connectivity index (χ0) is 17.5. The summed E-state index contributed by atoms with van der Waals surface area (Å²) in [5, 5.41) is 9.54. The minimum Gasteiger partial charge on any atom is -0.481 e. The third-order valence-corrected chi connectivity index (χ3v) is 4.11. The Morgan fingerprint density at radius 2 is 1.92 bits per heavy atom. The Morgan fingerprint density at radius 1 is 1.21 bits per heavy atom. The van der Waals surface area contributed by atoms with Gasteiger partial charge in [0, 0.05) is 19.0 Å². The minimum atomic E-state index is -0.927. The number of carbonyl (C=O) groups excluding carboxylic acids is 1. The van der Waals surface area contributed by atoms with E-state index in [0.717, 1.165) is 5.56 Å². The van der Waals surface area contributed by atoms with Crippen LogP contribution in [0.15, 0.2) is 18.2 Å². The zero-order valence-corrected chi connectivity index (χ0v) is 13.9. The molecule has 2 heterocycles. The van der Waals surface area contributed by atoms with E-state index in [1.807, 2.05) is 6.07 Å². The van der Waals surface area contributed by atoms with Gasteiger partial charge in [-0.05, 0) is 38.5 Å². The summed E-state index contributed by atoms with van der Waals surface area (Å²) in [6.45, 7) is 5.94. The number of carboxylic acid groups (broad SMARTS) is 1. The number of likely N-dealkylation sites (tertiary alicyclic amines) is 1. The lowest BCUT2D eigenvalue weighted by Crippen LogP contribution is -2.35. The molecule has 7 heteroatoms. The quantitative estimate of drug-likeness (QED) is 0.893. The van der Waals surface area contributed by atoms with Crippen LogP contribution in [0.2, 0.25) is 0 Å². The molecule has 0 bridgehead atoms. The number of hydrogen-bond donors (Lipinski definition) is 1. The number of rotatable bonds is 2. The van der Waals surface area contributed by atoms with E-state index in [0.29, 0.717) is 18.0 Å². The molecule has 1 N–H and O–H groups in total. The third-order valence-electron chi connectivity index (χ3n) is 4.11. The predicted octanol–water partition coefficient (Wildman–Crippen LogP) is 2.45. The Bertz CT molecular complexity index is 666. The van der Waals surface area contributed by atoms with Gasteiger partial charge >= 0.3 is 12.1 Å². The molecule has 0 saturated carbocycles. The van der Waals surface area contributed by atoms with E-state index in [1.54, 1.807) is 32.9 Å². The van der Waals surface area contributed by atoms with Crippen molar-refractivity contribution in [2.24, 2.45) is 5.92 Å². The Kier molecular flexibility index (Phi) is 4.03. The van der Waals surface area contributed by atoms with E-state index >= 15 is 0 Å². The largest absolute Gasteiger partial charge is 0.481 e. The van der Waals surface area contributed by atoms with Crippen LogP contribution in [0.25, 0.3) is 0 Å². The molecule has 0 radical (unpaired) electrons. The molecule has 0 aliphatic carbocycles. The highest BCUT2D eigenvalue weighted by Gasteiger charge is 2.42. The third kappa shape index (κ3) is 3.25.